The Balaban J connectivity index is 1.74. The fourth-order valence-electron chi connectivity index (χ4n) is 3.50. The van der Waals surface area contributed by atoms with Crippen LogP contribution in [0.1, 0.15) is 49.3 Å². The highest BCUT2D eigenvalue weighted by atomic mass is 19.3. The van der Waals surface area contributed by atoms with Crippen molar-refractivity contribution in [1.82, 2.24) is 20.2 Å². The number of carbonyl (C=O) groups is 1. The van der Waals surface area contributed by atoms with Crippen molar-refractivity contribution >= 4 is 6.03 Å². The first-order valence-electron chi connectivity index (χ1n) is 9.27. The van der Waals surface area contributed by atoms with Crippen LogP contribution in [0.4, 0.5) is 13.6 Å². The van der Waals surface area contributed by atoms with Crippen molar-refractivity contribution in [3.63, 3.8) is 0 Å². The first-order chi connectivity index (χ1) is 13.5. The summed E-state index contributed by atoms with van der Waals surface area (Å²) in [6.07, 6.45) is 0.327. The molecule has 8 heteroatoms. The third kappa shape index (κ3) is 4.55. The smallest absolute Gasteiger partial charge is 0.318 e. The topological polar surface area (TPSA) is 67.3 Å². The minimum Gasteiger partial charge on any atom is -0.496 e. The number of hydrogen-bond donors (Lipinski definition) is 1. The summed E-state index contributed by atoms with van der Waals surface area (Å²) in [5, 5.41) is 2.76. The lowest BCUT2D eigenvalue weighted by Crippen LogP contribution is -2.46. The van der Waals surface area contributed by atoms with E-state index in [1.54, 1.807) is 12.0 Å². The molecule has 1 saturated heterocycles. The van der Waals surface area contributed by atoms with Crippen LogP contribution in [-0.2, 0) is 6.54 Å². The number of alkyl halides is 2. The van der Waals surface area contributed by atoms with Crippen molar-refractivity contribution in [3.8, 4) is 5.75 Å². The van der Waals surface area contributed by atoms with Crippen LogP contribution >= 0.6 is 0 Å². The summed E-state index contributed by atoms with van der Waals surface area (Å²) in [7, 11) is 1.61. The summed E-state index contributed by atoms with van der Waals surface area (Å²) in [5.74, 6) is 1.38. The first-order valence-corrected chi connectivity index (χ1v) is 9.27. The normalized spacial score (nSPS) is 19.5. The molecule has 0 spiro atoms. The van der Waals surface area contributed by atoms with E-state index in [0.29, 0.717) is 12.5 Å². The average Bonchev–Trinajstić information content (AvgIpc) is 2.72. The van der Waals surface area contributed by atoms with Gasteiger partial charge < -0.3 is 15.0 Å². The third-order valence-electron chi connectivity index (χ3n) is 4.97. The molecule has 0 unspecified atom stereocenters. The molecule has 2 aromatic rings. The molecule has 1 aliphatic heterocycles. The monoisotopic (exact) mass is 390 g/mol. The van der Waals surface area contributed by atoms with Crippen molar-refractivity contribution in [3.05, 3.63) is 53.6 Å². The number of piperidine rings is 1. The van der Waals surface area contributed by atoms with E-state index in [-0.39, 0.29) is 30.1 Å². The number of ether oxygens (including phenoxy) is 1. The van der Waals surface area contributed by atoms with Crippen LogP contribution in [-0.4, -0.2) is 34.6 Å². The van der Waals surface area contributed by atoms with Gasteiger partial charge in [0.25, 0.3) is 6.43 Å². The van der Waals surface area contributed by atoms with Gasteiger partial charge in [0.2, 0.25) is 0 Å². The molecule has 150 valence electrons. The summed E-state index contributed by atoms with van der Waals surface area (Å²) in [4.78, 5) is 22.4. The number of hydrogen-bond acceptors (Lipinski definition) is 4. The second-order valence-corrected chi connectivity index (χ2v) is 6.94. The number of rotatable bonds is 5. The highest BCUT2D eigenvalue weighted by Crippen LogP contribution is 2.38. The lowest BCUT2D eigenvalue weighted by atomic mass is 9.88. The molecule has 0 bridgehead atoms. The summed E-state index contributed by atoms with van der Waals surface area (Å²) >= 11 is 0. The van der Waals surface area contributed by atoms with Crippen LogP contribution < -0.4 is 10.1 Å². The second kappa shape index (κ2) is 8.95. The molecule has 0 aliphatic carbocycles. The number of methoxy groups -OCH3 is 1. The fraction of sp³-hybridized carbons (Fsp3) is 0.450. The Kier molecular flexibility index (Phi) is 6.38. The maximum atomic E-state index is 12.9. The average molecular weight is 390 g/mol. The Labute approximate surface area is 162 Å². The minimum atomic E-state index is -2.67. The van der Waals surface area contributed by atoms with E-state index in [1.165, 1.54) is 12.3 Å². The van der Waals surface area contributed by atoms with Crippen molar-refractivity contribution < 1.29 is 18.3 Å². The van der Waals surface area contributed by atoms with Gasteiger partial charge in [0.1, 0.15) is 17.3 Å². The Bertz CT molecular complexity index is 818. The molecule has 2 amide bonds. The zero-order valence-corrected chi connectivity index (χ0v) is 15.9. The molecule has 2 heterocycles. The zero-order valence-electron chi connectivity index (χ0n) is 15.9. The van der Waals surface area contributed by atoms with Crippen molar-refractivity contribution in [2.75, 3.05) is 13.7 Å². The van der Waals surface area contributed by atoms with Gasteiger partial charge in [-0.2, -0.15) is 0 Å². The molecular weight excluding hydrogens is 366 g/mol. The summed E-state index contributed by atoms with van der Waals surface area (Å²) in [6, 6.07) is 8.45. The lowest BCUT2D eigenvalue weighted by molar-refractivity contribution is 0.130. The van der Waals surface area contributed by atoms with Gasteiger partial charge in [-0.15, -0.1) is 0 Å². The molecule has 2 atom stereocenters. The standard InChI is InChI=1S/C20H24F2N4O2/c1-13-8-10-26(16(11-13)14-5-3-4-6-17(14)28-2)20(27)24-12-18-23-9-7-15(25-18)19(21)22/h3-7,9,13,16,19H,8,10-12H2,1-2H3,(H,24,27)/t13-,16+/m0/s1. The Morgan fingerprint density at radius 2 is 2.14 bits per heavy atom. The van der Waals surface area contributed by atoms with Gasteiger partial charge in [-0.05, 0) is 30.9 Å². The van der Waals surface area contributed by atoms with E-state index < -0.39 is 6.43 Å². The number of para-hydroxylation sites is 1. The molecule has 1 aromatic carbocycles. The van der Waals surface area contributed by atoms with Gasteiger partial charge in [0.05, 0.1) is 19.7 Å². The van der Waals surface area contributed by atoms with E-state index in [9.17, 15) is 13.6 Å². The third-order valence-corrected chi connectivity index (χ3v) is 4.97. The Morgan fingerprint density at radius 3 is 2.89 bits per heavy atom. The van der Waals surface area contributed by atoms with Gasteiger partial charge in [-0.3, -0.25) is 0 Å². The van der Waals surface area contributed by atoms with Gasteiger partial charge in [-0.1, -0.05) is 25.1 Å². The van der Waals surface area contributed by atoms with E-state index in [0.717, 1.165) is 24.2 Å². The molecule has 6 nitrogen and oxygen atoms in total. The van der Waals surface area contributed by atoms with Crippen molar-refractivity contribution in [2.45, 2.75) is 38.8 Å². The summed E-state index contributed by atoms with van der Waals surface area (Å²) < 4.78 is 31.0. The predicted octanol–water partition coefficient (Wildman–Crippen LogP) is 4.11. The molecular formula is C20H24F2N4O2. The quantitative estimate of drug-likeness (QED) is 0.835. The summed E-state index contributed by atoms with van der Waals surface area (Å²) in [5.41, 5.74) is 0.612. The van der Waals surface area contributed by atoms with Crippen LogP contribution in [0.3, 0.4) is 0 Å². The van der Waals surface area contributed by atoms with Crippen LogP contribution in [0.5, 0.6) is 5.75 Å². The number of benzene rings is 1. The molecule has 3 rings (SSSR count). The van der Waals surface area contributed by atoms with E-state index >= 15 is 0 Å². The molecule has 28 heavy (non-hydrogen) atoms. The van der Waals surface area contributed by atoms with Gasteiger partial charge in [0, 0.05) is 18.3 Å². The number of halogens is 2. The number of amides is 2. The van der Waals surface area contributed by atoms with Gasteiger partial charge >= 0.3 is 6.03 Å². The van der Waals surface area contributed by atoms with Crippen LogP contribution in [0.25, 0.3) is 0 Å². The molecule has 1 fully saturated rings. The maximum absolute atomic E-state index is 12.9. The molecule has 1 aliphatic rings. The van der Waals surface area contributed by atoms with Crippen molar-refractivity contribution in [2.24, 2.45) is 5.92 Å². The van der Waals surface area contributed by atoms with E-state index in [4.69, 9.17) is 4.74 Å². The number of carbonyl (C=O) groups excluding carboxylic acids is 1. The number of aromatic nitrogens is 2. The highest BCUT2D eigenvalue weighted by Gasteiger charge is 2.32. The maximum Gasteiger partial charge on any atom is 0.318 e. The minimum absolute atomic E-state index is 0.00983. The molecule has 1 aromatic heterocycles. The number of urea groups is 1. The van der Waals surface area contributed by atoms with Crippen LogP contribution in [0, 0.1) is 5.92 Å². The van der Waals surface area contributed by atoms with Crippen LogP contribution in [0.15, 0.2) is 36.5 Å². The van der Waals surface area contributed by atoms with Crippen molar-refractivity contribution in [1.29, 1.82) is 0 Å². The second-order valence-electron chi connectivity index (χ2n) is 6.94. The number of likely N-dealkylation sites (tertiary alicyclic amines) is 1. The number of nitrogens with one attached hydrogen (secondary N) is 1. The fourth-order valence-corrected chi connectivity index (χ4v) is 3.50. The number of nitrogens with zero attached hydrogens (tertiary/aromatic N) is 3. The lowest BCUT2D eigenvalue weighted by Gasteiger charge is -2.39. The van der Waals surface area contributed by atoms with Gasteiger partial charge in [0.15, 0.2) is 0 Å². The Hall–Kier alpha value is -2.77. The molecule has 0 radical (unpaired) electrons. The van der Waals surface area contributed by atoms with Gasteiger partial charge in [-0.25, -0.2) is 23.5 Å². The van der Waals surface area contributed by atoms with Crippen LogP contribution in [0.2, 0.25) is 0 Å². The van der Waals surface area contributed by atoms with E-state index in [1.807, 2.05) is 24.3 Å². The largest absolute Gasteiger partial charge is 0.496 e. The molecule has 1 N–H and O–H groups in total. The zero-order chi connectivity index (χ0) is 20.1. The Morgan fingerprint density at radius 1 is 1.36 bits per heavy atom. The molecule has 0 saturated carbocycles. The summed E-state index contributed by atoms with van der Waals surface area (Å²) in [6.45, 7) is 2.76. The highest BCUT2D eigenvalue weighted by molar-refractivity contribution is 5.75. The predicted molar refractivity (Wildman–Crippen MR) is 100 cm³/mol. The first kappa shape index (κ1) is 20.0. The van der Waals surface area contributed by atoms with E-state index in [2.05, 4.69) is 22.2 Å². The SMILES string of the molecule is COc1ccccc1[C@H]1C[C@@H](C)CCN1C(=O)NCc1nccc(C(F)F)n1.